The Morgan fingerprint density at radius 3 is 2.60 bits per heavy atom. The number of aromatic nitrogens is 3. The third-order valence-electron chi connectivity index (χ3n) is 4.82. The first kappa shape index (κ1) is 16.9. The van der Waals surface area contributed by atoms with Crippen LogP contribution in [0.5, 0.6) is 0 Å². The van der Waals surface area contributed by atoms with Gasteiger partial charge in [0.1, 0.15) is 5.69 Å². The number of nitrogens with two attached hydrogens (primary N) is 1. The van der Waals surface area contributed by atoms with Gasteiger partial charge in [0.15, 0.2) is 5.82 Å². The second kappa shape index (κ2) is 6.04. The maximum atomic E-state index is 6.31. The Labute approximate surface area is 160 Å². The van der Waals surface area contributed by atoms with Gasteiger partial charge in [0.05, 0.1) is 10.0 Å². The van der Waals surface area contributed by atoms with Crippen LogP contribution in [-0.2, 0) is 0 Å². The molecule has 0 radical (unpaired) electrons. The molecule has 1 saturated heterocycles. The number of benzene rings is 1. The number of hydrogen-bond acceptors (Lipinski definition) is 5. The van der Waals surface area contributed by atoms with Gasteiger partial charge < -0.3 is 10.6 Å². The first-order chi connectivity index (χ1) is 11.9. The molecule has 1 aliphatic heterocycles. The van der Waals surface area contributed by atoms with Crippen LogP contribution in [0.25, 0.3) is 16.2 Å². The molecule has 0 aliphatic carbocycles. The summed E-state index contributed by atoms with van der Waals surface area (Å²) in [5.74, 6) is 0.485. The minimum atomic E-state index is 0.406. The molecule has 1 aromatic carbocycles. The third-order valence-corrected chi connectivity index (χ3v) is 6.61. The molecule has 1 aliphatic rings. The number of anilines is 2. The summed E-state index contributed by atoms with van der Waals surface area (Å²) >= 11 is 14.0. The molecule has 0 atom stereocenters. The van der Waals surface area contributed by atoms with Gasteiger partial charge in [-0.2, -0.15) is 4.52 Å². The second-order valence-corrected chi connectivity index (χ2v) is 8.90. The number of halogens is 2. The average molecular weight is 396 g/mol. The Bertz CT molecular complexity index is 936. The van der Waals surface area contributed by atoms with E-state index in [9.17, 15) is 0 Å². The molecule has 8 heteroatoms. The van der Waals surface area contributed by atoms with Gasteiger partial charge in [-0.3, -0.25) is 0 Å². The number of fused-ring (bicyclic) bond motifs is 1. The Kier molecular flexibility index (Phi) is 4.09. The van der Waals surface area contributed by atoms with Crippen LogP contribution in [0.3, 0.4) is 0 Å². The highest BCUT2D eigenvalue weighted by Crippen LogP contribution is 2.39. The molecule has 0 bridgehead atoms. The molecule has 132 valence electrons. The van der Waals surface area contributed by atoms with E-state index in [0.717, 1.165) is 41.6 Å². The van der Waals surface area contributed by atoms with E-state index >= 15 is 0 Å². The normalized spacial score (nSPS) is 17.4. The average Bonchev–Trinajstić information content (AvgIpc) is 3.10. The van der Waals surface area contributed by atoms with E-state index in [2.05, 4.69) is 28.8 Å². The highest BCUT2D eigenvalue weighted by Gasteiger charge is 2.28. The van der Waals surface area contributed by atoms with Crippen molar-refractivity contribution in [3.05, 3.63) is 28.2 Å². The summed E-state index contributed by atoms with van der Waals surface area (Å²) in [5.41, 5.74) is 8.06. The van der Waals surface area contributed by atoms with Crippen LogP contribution in [-0.4, -0.2) is 27.7 Å². The van der Waals surface area contributed by atoms with Crippen LogP contribution >= 0.6 is 34.5 Å². The first-order valence-electron chi connectivity index (χ1n) is 8.20. The molecule has 3 heterocycles. The van der Waals surface area contributed by atoms with Crippen molar-refractivity contribution >= 4 is 50.4 Å². The van der Waals surface area contributed by atoms with E-state index in [1.165, 1.54) is 0 Å². The van der Waals surface area contributed by atoms with E-state index in [0.29, 0.717) is 27.0 Å². The fourth-order valence-corrected chi connectivity index (χ4v) is 4.42. The Morgan fingerprint density at radius 1 is 1.20 bits per heavy atom. The molecular formula is C17H19Cl2N5S. The van der Waals surface area contributed by atoms with Crippen molar-refractivity contribution in [3.63, 3.8) is 0 Å². The van der Waals surface area contributed by atoms with Gasteiger partial charge in [-0.25, -0.2) is 4.98 Å². The van der Waals surface area contributed by atoms with E-state index in [1.807, 2.05) is 12.1 Å². The van der Waals surface area contributed by atoms with E-state index in [-0.39, 0.29) is 0 Å². The maximum Gasteiger partial charge on any atom is 0.216 e. The zero-order valence-corrected chi connectivity index (χ0v) is 16.4. The van der Waals surface area contributed by atoms with Gasteiger partial charge in [0.2, 0.25) is 10.1 Å². The molecule has 1 fully saturated rings. The monoisotopic (exact) mass is 395 g/mol. The molecule has 0 unspecified atom stereocenters. The predicted molar refractivity (Wildman–Crippen MR) is 106 cm³/mol. The summed E-state index contributed by atoms with van der Waals surface area (Å²) in [6.07, 6.45) is 2.32. The van der Waals surface area contributed by atoms with Crippen molar-refractivity contribution in [1.82, 2.24) is 14.6 Å². The summed E-state index contributed by atoms with van der Waals surface area (Å²) in [6, 6.07) is 5.45. The topological polar surface area (TPSA) is 59.5 Å². The van der Waals surface area contributed by atoms with Crippen molar-refractivity contribution in [2.24, 2.45) is 5.41 Å². The number of nitrogens with zero attached hydrogens (tertiary/aromatic N) is 4. The number of rotatable bonds is 2. The number of hydrogen-bond donors (Lipinski definition) is 1. The van der Waals surface area contributed by atoms with Crippen molar-refractivity contribution in [2.45, 2.75) is 26.7 Å². The van der Waals surface area contributed by atoms with Crippen LogP contribution in [0.15, 0.2) is 18.2 Å². The minimum absolute atomic E-state index is 0.406. The summed E-state index contributed by atoms with van der Waals surface area (Å²) in [5, 5.41) is 6.59. The maximum absolute atomic E-state index is 6.31. The minimum Gasteiger partial charge on any atom is -0.382 e. The lowest BCUT2D eigenvalue weighted by Gasteiger charge is -2.36. The van der Waals surface area contributed by atoms with E-state index < -0.39 is 0 Å². The Morgan fingerprint density at radius 2 is 1.92 bits per heavy atom. The van der Waals surface area contributed by atoms with Gasteiger partial charge in [0.25, 0.3) is 0 Å². The third kappa shape index (κ3) is 2.96. The standard InChI is InChI=1S/C17H19Cl2N5S/c1-17(2)6-8-23(9-7-17)16-22-24-14(20)13(21-15(24)25-16)10-4-3-5-11(18)12(10)19/h3-5H,6-9,20H2,1-2H3. The van der Waals surface area contributed by atoms with Gasteiger partial charge in [-0.15, -0.1) is 5.10 Å². The van der Waals surface area contributed by atoms with Crippen molar-refractivity contribution in [2.75, 3.05) is 23.7 Å². The number of nitrogen functional groups attached to an aromatic ring is 1. The van der Waals surface area contributed by atoms with Crippen LogP contribution in [0.4, 0.5) is 10.9 Å². The molecule has 4 rings (SSSR count). The molecule has 2 aromatic heterocycles. The molecule has 0 amide bonds. The fourth-order valence-electron chi connectivity index (χ4n) is 3.07. The molecule has 0 saturated carbocycles. The lowest BCUT2D eigenvalue weighted by Crippen LogP contribution is -2.37. The lowest BCUT2D eigenvalue weighted by atomic mass is 9.83. The lowest BCUT2D eigenvalue weighted by molar-refractivity contribution is 0.279. The molecular weight excluding hydrogens is 377 g/mol. The Balaban J connectivity index is 1.69. The van der Waals surface area contributed by atoms with Crippen molar-refractivity contribution in [1.29, 1.82) is 0 Å². The summed E-state index contributed by atoms with van der Waals surface area (Å²) in [6.45, 7) is 6.66. The molecule has 0 spiro atoms. The van der Waals surface area contributed by atoms with Crippen LogP contribution in [0, 0.1) is 5.41 Å². The van der Waals surface area contributed by atoms with Gasteiger partial charge in [0, 0.05) is 18.7 Å². The molecule has 5 nitrogen and oxygen atoms in total. The van der Waals surface area contributed by atoms with Gasteiger partial charge in [-0.1, -0.05) is 60.5 Å². The van der Waals surface area contributed by atoms with Crippen molar-refractivity contribution < 1.29 is 0 Å². The van der Waals surface area contributed by atoms with Crippen LogP contribution in [0.1, 0.15) is 26.7 Å². The highest BCUT2D eigenvalue weighted by atomic mass is 35.5. The van der Waals surface area contributed by atoms with E-state index in [1.54, 1.807) is 21.9 Å². The number of imidazole rings is 1. The second-order valence-electron chi connectivity index (χ2n) is 7.18. The van der Waals surface area contributed by atoms with Gasteiger partial charge in [-0.05, 0) is 24.3 Å². The zero-order chi connectivity index (χ0) is 17.8. The molecule has 2 N–H and O–H groups in total. The Hall–Kier alpha value is -1.50. The molecule has 25 heavy (non-hydrogen) atoms. The summed E-state index contributed by atoms with van der Waals surface area (Å²) in [7, 11) is 0. The van der Waals surface area contributed by atoms with Crippen LogP contribution < -0.4 is 10.6 Å². The zero-order valence-electron chi connectivity index (χ0n) is 14.1. The fraction of sp³-hybridized carbons (Fsp3) is 0.412. The van der Waals surface area contributed by atoms with Crippen molar-refractivity contribution in [3.8, 4) is 11.3 Å². The van der Waals surface area contributed by atoms with E-state index in [4.69, 9.17) is 28.9 Å². The predicted octanol–water partition coefficient (Wildman–Crippen LogP) is 4.97. The summed E-state index contributed by atoms with van der Waals surface area (Å²) < 4.78 is 1.70. The summed E-state index contributed by atoms with van der Waals surface area (Å²) in [4.78, 5) is 7.74. The van der Waals surface area contributed by atoms with Gasteiger partial charge >= 0.3 is 0 Å². The molecule has 3 aromatic rings. The quantitative estimate of drug-likeness (QED) is 0.664. The van der Waals surface area contributed by atoms with Crippen LogP contribution in [0.2, 0.25) is 10.0 Å². The highest BCUT2D eigenvalue weighted by molar-refractivity contribution is 7.20. The SMILES string of the molecule is CC1(C)CCN(c2nn3c(N)c(-c4cccc(Cl)c4Cl)nc3s2)CC1. The number of piperidine rings is 1. The first-order valence-corrected chi connectivity index (χ1v) is 9.77. The largest absolute Gasteiger partial charge is 0.382 e. The smallest absolute Gasteiger partial charge is 0.216 e.